The summed E-state index contributed by atoms with van der Waals surface area (Å²) < 4.78 is 96.9. The average Bonchev–Trinajstić information content (AvgIpc) is 3.90. The molecule has 0 saturated carbocycles. The second-order valence-corrected chi connectivity index (χ2v) is 17.5. The van der Waals surface area contributed by atoms with Crippen molar-refractivity contribution < 1.29 is 26.3 Å². The van der Waals surface area contributed by atoms with E-state index in [0.29, 0.717) is 22.1 Å². The molecular weight excluding hydrogens is 887 g/mol. The van der Waals surface area contributed by atoms with Crippen molar-refractivity contribution >= 4 is 43.6 Å². The third kappa shape index (κ3) is 7.40. The summed E-state index contributed by atoms with van der Waals surface area (Å²) in [4.78, 5) is 0. The van der Waals surface area contributed by atoms with Gasteiger partial charge in [-0.05, 0) is 116 Å². The van der Waals surface area contributed by atoms with Gasteiger partial charge in [0.1, 0.15) is 0 Å². The van der Waals surface area contributed by atoms with Crippen molar-refractivity contribution in [1.82, 2.24) is 9.13 Å². The van der Waals surface area contributed by atoms with Gasteiger partial charge >= 0.3 is 12.4 Å². The molecule has 2 aromatic heterocycles. The van der Waals surface area contributed by atoms with E-state index in [1.807, 2.05) is 203 Å². The van der Waals surface area contributed by atoms with Crippen LogP contribution >= 0.6 is 0 Å². The molecule has 0 fully saturated rings. The van der Waals surface area contributed by atoms with Gasteiger partial charge in [-0.3, -0.25) is 0 Å². The Kier molecular flexibility index (Phi) is 10.1. The molecule has 0 N–H and O–H groups in total. The van der Waals surface area contributed by atoms with Gasteiger partial charge in [0.05, 0.1) is 33.2 Å². The van der Waals surface area contributed by atoms with Crippen molar-refractivity contribution in [1.29, 1.82) is 0 Å². The second-order valence-electron chi connectivity index (χ2n) is 17.5. The Morgan fingerprint density at radius 3 is 0.743 bits per heavy atom. The molecule has 70 heavy (non-hydrogen) atoms. The van der Waals surface area contributed by atoms with Gasteiger partial charge in [0, 0.05) is 32.9 Å². The Morgan fingerprint density at radius 1 is 0.243 bits per heavy atom. The van der Waals surface area contributed by atoms with Gasteiger partial charge in [0.15, 0.2) is 0 Å². The van der Waals surface area contributed by atoms with Crippen LogP contribution in [0.2, 0.25) is 0 Å². The molecule has 0 aliphatic heterocycles. The predicted octanol–water partition coefficient (Wildman–Crippen LogP) is 18.3. The molecule has 0 saturated heterocycles. The minimum absolute atomic E-state index is 0.272. The predicted molar refractivity (Wildman–Crippen MR) is 272 cm³/mol. The lowest BCUT2D eigenvalue weighted by molar-refractivity contribution is -0.139. The Bertz CT molecular complexity index is 3490. The molecule has 2 heterocycles. The van der Waals surface area contributed by atoms with Crippen LogP contribution in [0, 0.1) is 0 Å². The van der Waals surface area contributed by atoms with E-state index in [0.717, 1.165) is 78.2 Å². The lowest BCUT2D eigenvalue weighted by Crippen LogP contribution is -2.12. The first-order valence-electron chi connectivity index (χ1n) is 22.8. The molecule has 338 valence electrons. The van der Waals surface area contributed by atoms with Crippen LogP contribution in [0.4, 0.5) is 26.3 Å². The highest BCUT2D eigenvalue weighted by Crippen LogP contribution is 2.47. The molecule has 0 atom stereocenters. The lowest BCUT2D eigenvalue weighted by Gasteiger charge is -2.21. The molecule has 0 aliphatic rings. The average molecular weight is 925 g/mol. The molecule has 12 aromatic rings. The molecular formula is C62H38F6N2. The van der Waals surface area contributed by atoms with Crippen molar-refractivity contribution in [3.63, 3.8) is 0 Å². The van der Waals surface area contributed by atoms with Crippen LogP contribution in [0.3, 0.4) is 0 Å². The highest BCUT2D eigenvalue weighted by atomic mass is 19.4. The van der Waals surface area contributed by atoms with Crippen LogP contribution in [0.25, 0.3) is 111 Å². The van der Waals surface area contributed by atoms with Crippen molar-refractivity contribution in [2.24, 2.45) is 0 Å². The summed E-state index contributed by atoms with van der Waals surface area (Å²) in [5, 5.41) is 3.35. The molecule has 2 nitrogen and oxygen atoms in total. The first-order valence-corrected chi connectivity index (χ1v) is 22.8. The Labute approximate surface area is 398 Å². The van der Waals surface area contributed by atoms with E-state index in [2.05, 4.69) is 0 Å². The number of nitrogens with zero attached hydrogens (tertiary/aromatic N) is 2. The van der Waals surface area contributed by atoms with E-state index in [4.69, 9.17) is 0 Å². The maximum absolute atomic E-state index is 15.5. The quantitative estimate of drug-likeness (QED) is 0.141. The molecule has 0 bridgehead atoms. The van der Waals surface area contributed by atoms with Crippen LogP contribution < -0.4 is 0 Å². The number of benzene rings is 10. The van der Waals surface area contributed by atoms with E-state index in [1.54, 1.807) is 0 Å². The second kappa shape index (κ2) is 16.6. The number of hydrogen-bond acceptors (Lipinski definition) is 0. The molecule has 12 rings (SSSR count). The SMILES string of the molecule is FC(F)(F)c1ccc(-n2c3cc(-c4ccccc4)ccc3c3ccc(-c4ccccc4)cc32)cc1-c1cc(-n2c3cc(-c4ccccc4)ccc3c3ccc(-c4ccccc4)cc32)ccc1C(F)(F)F. The zero-order chi connectivity index (χ0) is 47.7. The maximum Gasteiger partial charge on any atom is 0.417 e. The summed E-state index contributed by atoms with van der Waals surface area (Å²) in [6.45, 7) is 0. The molecule has 0 aliphatic carbocycles. The topological polar surface area (TPSA) is 9.86 Å². The number of halogens is 6. The molecule has 10 aromatic carbocycles. The van der Waals surface area contributed by atoms with Gasteiger partial charge in [-0.15, -0.1) is 0 Å². The Balaban J connectivity index is 1.14. The maximum atomic E-state index is 15.5. The lowest BCUT2D eigenvalue weighted by atomic mass is 9.93. The fourth-order valence-electron chi connectivity index (χ4n) is 10.1. The van der Waals surface area contributed by atoms with Gasteiger partial charge in [-0.2, -0.15) is 26.3 Å². The largest absolute Gasteiger partial charge is 0.417 e. The monoisotopic (exact) mass is 924 g/mol. The minimum Gasteiger partial charge on any atom is -0.309 e. The number of rotatable bonds is 7. The van der Waals surface area contributed by atoms with Crippen molar-refractivity contribution in [3.8, 4) is 67.0 Å². The molecule has 0 spiro atoms. The van der Waals surface area contributed by atoms with Gasteiger partial charge in [0.2, 0.25) is 0 Å². The van der Waals surface area contributed by atoms with Crippen molar-refractivity contribution in [3.05, 3.63) is 242 Å². The summed E-state index contributed by atoms with van der Waals surface area (Å²) in [5.41, 5.74) is 6.95. The van der Waals surface area contributed by atoms with Gasteiger partial charge in [-0.25, -0.2) is 0 Å². The summed E-state index contributed by atoms with van der Waals surface area (Å²) in [5.74, 6) is 0. The van der Waals surface area contributed by atoms with Crippen molar-refractivity contribution in [2.75, 3.05) is 0 Å². The van der Waals surface area contributed by atoms with E-state index in [-0.39, 0.29) is 11.4 Å². The number of alkyl halides is 6. The molecule has 8 heteroatoms. The number of aromatic nitrogens is 2. The van der Waals surface area contributed by atoms with E-state index >= 15 is 26.3 Å². The highest BCUT2D eigenvalue weighted by Gasteiger charge is 2.39. The molecule has 0 amide bonds. The molecule has 0 radical (unpaired) electrons. The molecule has 0 unspecified atom stereocenters. The standard InChI is InChI=1S/C62H38F6N2/c63-61(64,65)55-31-25-47(69-57-33-43(39-13-5-1-6-14-39)21-27-49(57)50-28-22-44(34-58(50)69)40-15-7-2-8-16-40)37-53(55)54-38-48(26-32-56(54)62(66,67)68)70-59-35-45(41-17-9-3-10-18-41)23-29-51(59)52-30-24-46(36-60(52)70)42-19-11-4-12-20-42/h1-38H. The summed E-state index contributed by atoms with van der Waals surface area (Å²) in [6.07, 6.45) is -10.0. The zero-order valence-corrected chi connectivity index (χ0v) is 37.1. The smallest absolute Gasteiger partial charge is 0.309 e. The van der Waals surface area contributed by atoms with Gasteiger partial charge in [0.25, 0.3) is 0 Å². The Hall–Kier alpha value is -8.62. The summed E-state index contributed by atoms with van der Waals surface area (Å²) in [6, 6.07) is 70.0. The minimum atomic E-state index is -5.02. The van der Waals surface area contributed by atoms with E-state index in [9.17, 15) is 0 Å². The third-order valence-corrected chi connectivity index (χ3v) is 13.4. The Morgan fingerprint density at radius 2 is 0.500 bits per heavy atom. The van der Waals surface area contributed by atoms with Crippen molar-refractivity contribution in [2.45, 2.75) is 12.4 Å². The first-order chi connectivity index (χ1) is 34.0. The van der Waals surface area contributed by atoms with Gasteiger partial charge < -0.3 is 9.13 Å². The normalized spacial score (nSPS) is 12.1. The van der Waals surface area contributed by atoms with Crippen LogP contribution in [-0.4, -0.2) is 9.13 Å². The zero-order valence-electron chi connectivity index (χ0n) is 37.1. The third-order valence-electron chi connectivity index (χ3n) is 13.4. The number of hydrogen-bond donors (Lipinski definition) is 0. The fraction of sp³-hybridized carbons (Fsp3) is 0.0323. The fourth-order valence-corrected chi connectivity index (χ4v) is 10.1. The van der Waals surface area contributed by atoms with Crippen LogP contribution in [-0.2, 0) is 12.4 Å². The summed E-state index contributed by atoms with van der Waals surface area (Å²) in [7, 11) is 0. The van der Waals surface area contributed by atoms with Gasteiger partial charge in [-0.1, -0.05) is 170 Å². The highest BCUT2D eigenvalue weighted by molar-refractivity contribution is 6.12. The van der Waals surface area contributed by atoms with Crippen LogP contribution in [0.5, 0.6) is 0 Å². The van der Waals surface area contributed by atoms with E-state index < -0.39 is 34.6 Å². The van der Waals surface area contributed by atoms with E-state index in [1.165, 1.54) is 24.3 Å². The number of fused-ring (bicyclic) bond motifs is 6. The summed E-state index contributed by atoms with van der Waals surface area (Å²) >= 11 is 0. The van der Waals surface area contributed by atoms with Crippen LogP contribution in [0.15, 0.2) is 231 Å². The van der Waals surface area contributed by atoms with Crippen LogP contribution in [0.1, 0.15) is 11.1 Å². The first kappa shape index (κ1) is 42.7.